The molecule has 0 saturated heterocycles. The molecular weight excluding hydrogens is 1190 g/mol. The van der Waals surface area contributed by atoms with Crippen LogP contribution in [-0.4, -0.2) is 96.7 Å². The van der Waals surface area contributed by atoms with Crippen LogP contribution in [0.1, 0.15) is 363 Å². The number of ether oxygens (including phenoxy) is 4. The van der Waals surface area contributed by atoms with Crippen molar-refractivity contribution >= 4 is 39.5 Å². The van der Waals surface area contributed by atoms with E-state index in [4.69, 9.17) is 37.0 Å². The average molecular weight is 1330 g/mol. The van der Waals surface area contributed by atoms with Gasteiger partial charge in [-0.3, -0.25) is 37.3 Å². The fourth-order valence-electron chi connectivity index (χ4n) is 10.7. The molecule has 0 saturated carbocycles. The third-order valence-electron chi connectivity index (χ3n) is 17.2. The van der Waals surface area contributed by atoms with Gasteiger partial charge in [-0.2, -0.15) is 0 Å². The van der Waals surface area contributed by atoms with E-state index in [0.717, 1.165) is 115 Å². The average Bonchev–Trinajstić information content (AvgIpc) is 3.71. The molecule has 4 unspecified atom stereocenters. The summed E-state index contributed by atoms with van der Waals surface area (Å²) in [6.45, 7) is 9.46. The number of aliphatic hydroxyl groups is 1. The molecule has 90 heavy (non-hydrogen) atoms. The van der Waals surface area contributed by atoms with Crippen LogP contribution in [0.25, 0.3) is 0 Å². The lowest BCUT2D eigenvalue weighted by Crippen LogP contribution is -2.30. The molecule has 0 spiro atoms. The Labute approximate surface area is 549 Å². The molecule has 0 aliphatic heterocycles. The lowest BCUT2D eigenvalue weighted by molar-refractivity contribution is -0.161. The smallest absolute Gasteiger partial charge is 0.462 e. The normalized spacial score (nSPS) is 14.7. The topological polar surface area (TPSA) is 237 Å². The number of aliphatic hydroxyl groups excluding tert-OH is 1. The van der Waals surface area contributed by atoms with E-state index in [-0.39, 0.29) is 25.7 Å². The number of hydrogen-bond acceptors (Lipinski definition) is 15. The molecule has 534 valence electrons. The van der Waals surface area contributed by atoms with E-state index < -0.39 is 97.5 Å². The van der Waals surface area contributed by atoms with Gasteiger partial charge >= 0.3 is 39.5 Å². The zero-order valence-corrected chi connectivity index (χ0v) is 60.2. The lowest BCUT2D eigenvalue weighted by atomic mass is 9.99. The second-order valence-corrected chi connectivity index (χ2v) is 29.0. The minimum atomic E-state index is -4.95. The molecule has 17 nitrogen and oxygen atoms in total. The van der Waals surface area contributed by atoms with Gasteiger partial charge in [0.05, 0.1) is 26.4 Å². The molecule has 0 aliphatic rings. The van der Waals surface area contributed by atoms with Crippen molar-refractivity contribution in [1.29, 1.82) is 0 Å². The maximum atomic E-state index is 13.0. The van der Waals surface area contributed by atoms with Crippen molar-refractivity contribution in [3.63, 3.8) is 0 Å². The summed E-state index contributed by atoms with van der Waals surface area (Å²) in [5.41, 5.74) is 0. The van der Waals surface area contributed by atoms with Gasteiger partial charge in [0, 0.05) is 25.7 Å². The zero-order valence-electron chi connectivity index (χ0n) is 58.4. The summed E-state index contributed by atoms with van der Waals surface area (Å²) in [5, 5.41) is 10.6. The first-order valence-corrected chi connectivity index (χ1v) is 40.1. The van der Waals surface area contributed by atoms with Gasteiger partial charge in [0.1, 0.15) is 19.3 Å². The standard InChI is InChI=1S/C71H138O17P2/c1-7-11-13-15-17-18-19-20-21-22-23-24-25-26-27-28-29-30-36-43-49-55-70(75)87-66(60-82-69(74)54-48-42-35-32-31-34-39-45-51-63(5)9-3)61-85-89(77,78)83-57-65(72)58-84-90(79,80)86-62-67(59-81-68(73)53-47-41-33-16-14-12-8-2)88-71(76)56-50-44-38-37-40-46-52-64(6)10-4/h63-67,72H,7-62H2,1-6H3,(H,77,78)(H,79,80)/t63?,64?,65-,66-,67-/m1/s1. The SMILES string of the molecule is CCCCCCCCCCCCCCCCCCCCCCCC(=O)O[C@H](COC(=O)CCCCCCCCCCC(C)CC)COP(=O)(O)OC[C@@H](O)COP(=O)(O)OC[C@@H](COC(=O)CCCCCCCCC)OC(=O)CCCCCCCCC(C)CC. The monoisotopic (exact) mass is 1320 g/mol. The predicted octanol–water partition coefficient (Wildman–Crippen LogP) is 20.4. The van der Waals surface area contributed by atoms with Crippen LogP contribution in [-0.2, 0) is 65.4 Å². The van der Waals surface area contributed by atoms with Crippen molar-refractivity contribution in [2.45, 2.75) is 381 Å². The number of rotatable bonds is 70. The van der Waals surface area contributed by atoms with Crippen molar-refractivity contribution in [2.75, 3.05) is 39.6 Å². The highest BCUT2D eigenvalue weighted by Crippen LogP contribution is 2.45. The van der Waals surface area contributed by atoms with Gasteiger partial charge in [-0.15, -0.1) is 0 Å². The van der Waals surface area contributed by atoms with Crippen LogP contribution >= 0.6 is 15.6 Å². The van der Waals surface area contributed by atoms with Crippen LogP contribution in [0.5, 0.6) is 0 Å². The van der Waals surface area contributed by atoms with E-state index in [2.05, 4.69) is 41.5 Å². The summed E-state index contributed by atoms with van der Waals surface area (Å²) in [7, 11) is -9.90. The predicted molar refractivity (Wildman–Crippen MR) is 363 cm³/mol. The van der Waals surface area contributed by atoms with Crippen molar-refractivity contribution in [3.05, 3.63) is 0 Å². The molecule has 0 aromatic rings. The molecule has 3 N–H and O–H groups in total. The molecular formula is C71H138O17P2. The molecule has 7 atom stereocenters. The summed E-state index contributed by atoms with van der Waals surface area (Å²) in [4.78, 5) is 72.4. The highest BCUT2D eigenvalue weighted by atomic mass is 31.2. The number of phosphoric ester groups is 2. The molecule has 0 fully saturated rings. The zero-order chi connectivity index (χ0) is 66.5. The minimum Gasteiger partial charge on any atom is -0.462 e. The van der Waals surface area contributed by atoms with Crippen LogP contribution in [0.2, 0.25) is 0 Å². The maximum Gasteiger partial charge on any atom is 0.472 e. The highest BCUT2D eigenvalue weighted by Gasteiger charge is 2.30. The number of phosphoric acid groups is 2. The first kappa shape index (κ1) is 88.1. The first-order chi connectivity index (χ1) is 43.4. The first-order valence-electron chi connectivity index (χ1n) is 37.1. The van der Waals surface area contributed by atoms with Gasteiger partial charge in [-0.05, 0) is 37.5 Å². The Bertz CT molecular complexity index is 1760. The van der Waals surface area contributed by atoms with Gasteiger partial charge in [-0.1, -0.05) is 311 Å². The second kappa shape index (κ2) is 63.1. The van der Waals surface area contributed by atoms with Crippen LogP contribution in [0, 0.1) is 11.8 Å². The molecule has 19 heteroatoms. The molecule has 0 amide bonds. The molecule has 0 aromatic heterocycles. The second-order valence-electron chi connectivity index (χ2n) is 26.1. The number of carbonyl (C=O) groups excluding carboxylic acids is 4. The Morgan fingerprint density at radius 2 is 0.533 bits per heavy atom. The van der Waals surface area contributed by atoms with Crippen LogP contribution < -0.4 is 0 Å². The molecule has 0 aliphatic carbocycles. The van der Waals surface area contributed by atoms with Gasteiger partial charge < -0.3 is 33.8 Å². The summed E-state index contributed by atoms with van der Waals surface area (Å²) < 4.78 is 68.2. The van der Waals surface area contributed by atoms with Crippen molar-refractivity contribution in [3.8, 4) is 0 Å². The third kappa shape index (κ3) is 62.2. The van der Waals surface area contributed by atoms with Crippen LogP contribution in [0.3, 0.4) is 0 Å². The minimum absolute atomic E-state index is 0.103. The Morgan fingerprint density at radius 3 is 0.789 bits per heavy atom. The Hall–Kier alpha value is -1.94. The van der Waals surface area contributed by atoms with Crippen molar-refractivity contribution in [1.82, 2.24) is 0 Å². The van der Waals surface area contributed by atoms with Gasteiger partial charge in [0.15, 0.2) is 12.2 Å². The van der Waals surface area contributed by atoms with Crippen LogP contribution in [0.4, 0.5) is 0 Å². The van der Waals surface area contributed by atoms with Crippen LogP contribution in [0.15, 0.2) is 0 Å². The van der Waals surface area contributed by atoms with Gasteiger partial charge in [0.25, 0.3) is 0 Å². The Morgan fingerprint density at radius 1 is 0.311 bits per heavy atom. The third-order valence-corrected chi connectivity index (χ3v) is 19.1. The molecule has 0 rings (SSSR count). The van der Waals surface area contributed by atoms with E-state index in [1.165, 1.54) is 167 Å². The number of unbranched alkanes of at least 4 members (excludes halogenated alkanes) is 38. The summed E-state index contributed by atoms with van der Waals surface area (Å²) in [6, 6.07) is 0. The molecule has 0 aromatic carbocycles. The van der Waals surface area contributed by atoms with Crippen molar-refractivity contribution < 1.29 is 80.2 Å². The number of esters is 4. The molecule has 0 heterocycles. The Kier molecular flexibility index (Phi) is 61.8. The van der Waals surface area contributed by atoms with Gasteiger partial charge in [0.2, 0.25) is 0 Å². The van der Waals surface area contributed by atoms with E-state index in [1.807, 2.05) is 0 Å². The fourth-order valence-corrected chi connectivity index (χ4v) is 12.3. The quantitative estimate of drug-likeness (QED) is 0.0222. The Balaban J connectivity index is 5.15. The largest absolute Gasteiger partial charge is 0.472 e. The summed E-state index contributed by atoms with van der Waals surface area (Å²) in [5.74, 6) is -0.635. The van der Waals surface area contributed by atoms with E-state index in [9.17, 15) is 43.2 Å². The van der Waals surface area contributed by atoms with Gasteiger partial charge in [-0.25, -0.2) is 9.13 Å². The lowest BCUT2D eigenvalue weighted by Gasteiger charge is -2.21. The maximum absolute atomic E-state index is 13.0. The van der Waals surface area contributed by atoms with E-state index in [1.54, 1.807) is 0 Å². The number of carbonyl (C=O) groups is 4. The van der Waals surface area contributed by atoms with Crippen molar-refractivity contribution in [2.24, 2.45) is 11.8 Å². The fraction of sp³-hybridized carbons (Fsp3) is 0.944. The molecule has 0 bridgehead atoms. The summed E-state index contributed by atoms with van der Waals surface area (Å²) in [6.07, 6.45) is 48.9. The molecule has 0 radical (unpaired) electrons. The van der Waals surface area contributed by atoms with E-state index in [0.29, 0.717) is 25.7 Å². The number of hydrogen-bond donors (Lipinski definition) is 3. The highest BCUT2D eigenvalue weighted by molar-refractivity contribution is 7.47. The summed E-state index contributed by atoms with van der Waals surface area (Å²) >= 11 is 0. The van der Waals surface area contributed by atoms with E-state index >= 15 is 0 Å².